The van der Waals surface area contributed by atoms with E-state index in [0.717, 1.165) is 0 Å². The highest BCUT2D eigenvalue weighted by Crippen LogP contribution is 2.27. The van der Waals surface area contributed by atoms with E-state index >= 15 is 0 Å². The molecule has 0 aromatic heterocycles. The molecule has 1 aromatic carbocycles. The van der Waals surface area contributed by atoms with Crippen LogP contribution in [0.1, 0.15) is 41.5 Å². The predicted octanol–water partition coefficient (Wildman–Crippen LogP) is 3.89. The first-order chi connectivity index (χ1) is 10.4. The molecular weight excluding hydrogens is 300 g/mol. The fourth-order valence-corrected chi connectivity index (χ4v) is 1.51. The molecule has 0 bridgehead atoms. The second kappa shape index (κ2) is 6.76. The molecule has 1 rings (SSSR count). The van der Waals surface area contributed by atoms with E-state index in [-0.39, 0.29) is 17.1 Å². The van der Waals surface area contributed by atoms with Gasteiger partial charge in [-0.3, -0.25) is 10.6 Å². The number of carbonyl (C=O) groups is 2. The van der Waals surface area contributed by atoms with Gasteiger partial charge in [-0.15, -0.1) is 0 Å². The molecule has 0 fully saturated rings. The number of ether oxygens (including phenoxy) is 2. The number of benzene rings is 1. The van der Waals surface area contributed by atoms with Crippen LogP contribution in [0.2, 0.25) is 0 Å². The Hall–Kier alpha value is -2.44. The monoisotopic (exact) mass is 323 g/mol. The van der Waals surface area contributed by atoms with Crippen LogP contribution in [0.15, 0.2) is 12.1 Å². The normalized spacial score (nSPS) is 11.6. The van der Waals surface area contributed by atoms with Crippen LogP contribution in [0.5, 0.6) is 5.75 Å². The van der Waals surface area contributed by atoms with E-state index < -0.39 is 23.4 Å². The quantitative estimate of drug-likeness (QED) is 0.717. The van der Waals surface area contributed by atoms with Crippen molar-refractivity contribution >= 4 is 23.6 Å². The van der Waals surface area contributed by atoms with E-state index in [2.05, 4.69) is 16.7 Å². The minimum atomic E-state index is -0.713. The molecule has 0 aliphatic carbocycles. The lowest BCUT2D eigenvalue weighted by atomic mass is 10.2. The van der Waals surface area contributed by atoms with Crippen molar-refractivity contribution in [2.45, 2.75) is 52.7 Å². The van der Waals surface area contributed by atoms with Crippen molar-refractivity contribution in [1.29, 1.82) is 0 Å². The first kappa shape index (κ1) is 18.6. The van der Waals surface area contributed by atoms with Gasteiger partial charge >= 0.3 is 12.2 Å². The number of carbonyl (C=O) groups excluding carboxylic acids is 2. The summed E-state index contributed by atoms with van der Waals surface area (Å²) in [4.78, 5) is 23.7. The second-order valence-electron chi connectivity index (χ2n) is 6.90. The second-order valence-corrected chi connectivity index (χ2v) is 6.90. The third-order valence-electron chi connectivity index (χ3n) is 2.21. The van der Waals surface area contributed by atoms with Gasteiger partial charge in [0, 0.05) is 12.1 Å². The average Bonchev–Trinajstić information content (AvgIpc) is 2.27. The van der Waals surface area contributed by atoms with Gasteiger partial charge < -0.3 is 14.6 Å². The average molecular weight is 323 g/mol. The zero-order chi connectivity index (χ0) is 17.8. The maximum absolute atomic E-state index is 11.8. The van der Waals surface area contributed by atoms with Crippen molar-refractivity contribution in [2.24, 2.45) is 0 Å². The van der Waals surface area contributed by atoms with Crippen molar-refractivity contribution in [3.8, 4) is 5.75 Å². The van der Waals surface area contributed by atoms with Crippen molar-refractivity contribution in [1.82, 2.24) is 0 Å². The Morgan fingerprint density at radius 2 is 1.39 bits per heavy atom. The highest BCUT2D eigenvalue weighted by atomic mass is 16.6. The number of phenolic OH excluding ortho intramolecular Hbond substituents is 1. The van der Waals surface area contributed by atoms with Gasteiger partial charge in [0.15, 0.2) is 0 Å². The Bertz CT molecular complexity index is 585. The summed E-state index contributed by atoms with van der Waals surface area (Å²) in [7, 11) is 0. The topological polar surface area (TPSA) is 96.9 Å². The zero-order valence-corrected chi connectivity index (χ0v) is 14.2. The summed E-state index contributed by atoms with van der Waals surface area (Å²) in [6, 6.07) is 5.10. The van der Waals surface area contributed by atoms with Crippen LogP contribution in [0.25, 0.3) is 0 Å². The molecule has 127 valence electrons. The molecule has 0 unspecified atom stereocenters. The maximum atomic E-state index is 11.8. The molecule has 0 saturated carbocycles. The fourth-order valence-electron chi connectivity index (χ4n) is 1.51. The maximum Gasteiger partial charge on any atom is 0.412 e. The molecule has 7 nitrogen and oxygen atoms in total. The van der Waals surface area contributed by atoms with Crippen molar-refractivity contribution in [3.63, 3.8) is 0 Å². The Morgan fingerprint density at radius 1 is 0.957 bits per heavy atom. The summed E-state index contributed by atoms with van der Waals surface area (Å²) in [5.41, 5.74) is -0.945. The summed E-state index contributed by atoms with van der Waals surface area (Å²) in [5.74, 6) is -0.189. The summed E-state index contributed by atoms with van der Waals surface area (Å²) in [5, 5.41) is 14.5. The number of phenols is 1. The van der Waals surface area contributed by atoms with E-state index in [1.807, 2.05) is 0 Å². The minimum absolute atomic E-state index is 0.168. The Balaban J connectivity index is 2.89. The number of rotatable bonds is 2. The highest BCUT2D eigenvalue weighted by molar-refractivity contribution is 5.95. The van der Waals surface area contributed by atoms with Crippen LogP contribution >= 0.6 is 0 Å². The van der Waals surface area contributed by atoms with E-state index in [9.17, 15) is 14.7 Å². The van der Waals surface area contributed by atoms with Crippen molar-refractivity contribution in [2.75, 3.05) is 10.6 Å². The summed E-state index contributed by atoms with van der Waals surface area (Å²) >= 11 is 0. The number of anilines is 2. The van der Waals surface area contributed by atoms with Gasteiger partial charge in [-0.2, -0.15) is 0 Å². The van der Waals surface area contributed by atoms with Crippen LogP contribution < -0.4 is 10.6 Å². The molecular formula is C16H23N2O5. The SMILES string of the molecule is CC(C)(C)OC(=O)Nc1c[c]c(O)cc1NC(=O)OC(C)(C)C. The Morgan fingerprint density at radius 3 is 1.83 bits per heavy atom. The molecule has 0 spiro atoms. The lowest BCUT2D eigenvalue weighted by Gasteiger charge is -2.22. The smallest absolute Gasteiger partial charge is 0.412 e. The molecule has 1 aromatic rings. The van der Waals surface area contributed by atoms with Crippen LogP contribution in [-0.2, 0) is 9.47 Å². The molecule has 3 N–H and O–H groups in total. The number of hydrogen-bond acceptors (Lipinski definition) is 5. The molecule has 0 aliphatic rings. The van der Waals surface area contributed by atoms with Crippen LogP contribution in [0.3, 0.4) is 0 Å². The lowest BCUT2D eigenvalue weighted by Crippen LogP contribution is -2.29. The number of nitrogens with one attached hydrogen (secondary N) is 2. The van der Waals surface area contributed by atoms with E-state index in [1.165, 1.54) is 12.1 Å². The van der Waals surface area contributed by atoms with E-state index in [0.29, 0.717) is 0 Å². The van der Waals surface area contributed by atoms with Gasteiger partial charge in [0.2, 0.25) is 0 Å². The third kappa shape index (κ3) is 7.39. The van der Waals surface area contributed by atoms with Gasteiger partial charge in [0.1, 0.15) is 17.0 Å². The molecule has 0 aliphatic heterocycles. The Labute approximate surface area is 136 Å². The Kier molecular flexibility index (Phi) is 5.47. The van der Waals surface area contributed by atoms with Gasteiger partial charge in [0.25, 0.3) is 0 Å². The van der Waals surface area contributed by atoms with Gasteiger partial charge in [-0.1, -0.05) is 0 Å². The molecule has 0 heterocycles. The predicted molar refractivity (Wildman–Crippen MR) is 86.7 cm³/mol. The molecule has 0 atom stereocenters. The number of hydrogen-bond donors (Lipinski definition) is 3. The third-order valence-corrected chi connectivity index (χ3v) is 2.21. The number of aromatic hydroxyl groups is 1. The summed E-state index contributed by atoms with van der Waals surface area (Å²) in [6.45, 7) is 10.4. The molecule has 7 heteroatoms. The van der Waals surface area contributed by atoms with Gasteiger partial charge in [-0.05, 0) is 47.6 Å². The first-order valence-electron chi connectivity index (χ1n) is 7.10. The van der Waals surface area contributed by atoms with E-state index in [1.54, 1.807) is 41.5 Å². The van der Waals surface area contributed by atoms with Crippen molar-refractivity contribution < 1.29 is 24.2 Å². The lowest BCUT2D eigenvalue weighted by molar-refractivity contribution is 0.0620. The number of amides is 2. The van der Waals surface area contributed by atoms with Crippen LogP contribution in [0, 0.1) is 6.07 Å². The molecule has 23 heavy (non-hydrogen) atoms. The van der Waals surface area contributed by atoms with E-state index in [4.69, 9.17) is 9.47 Å². The highest BCUT2D eigenvalue weighted by Gasteiger charge is 2.20. The first-order valence-corrected chi connectivity index (χ1v) is 7.10. The summed E-state index contributed by atoms with van der Waals surface area (Å²) < 4.78 is 10.3. The van der Waals surface area contributed by atoms with Gasteiger partial charge in [-0.25, -0.2) is 9.59 Å². The van der Waals surface area contributed by atoms with Crippen LogP contribution in [-0.4, -0.2) is 28.5 Å². The standard InChI is InChI=1S/C16H23N2O5/c1-15(2,3)22-13(20)17-11-8-7-10(19)9-12(11)18-14(21)23-16(4,5)6/h8-9,19H,1-6H3,(H,17,20)(H,18,21). The molecule has 0 saturated heterocycles. The molecule has 1 radical (unpaired) electrons. The minimum Gasteiger partial charge on any atom is -0.507 e. The van der Waals surface area contributed by atoms with Crippen LogP contribution in [0.4, 0.5) is 21.0 Å². The zero-order valence-electron chi connectivity index (χ0n) is 14.2. The molecule has 2 amide bonds. The fraction of sp³-hybridized carbons (Fsp3) is 0.500. The largest absolute Gasteiger partial charge is 0.507 e. The summed E-state index contributed by atoms with van der Waals surface area (Å²) in [6.07, 6.45) is -1.40. The van der Waals surface area contributed by atoms with Crippen molar-refractivity contribution in [3.05, 3.63) is 18.2 Å². The van der Waals surface area contributed by atoms with Gasteiger partial charge in [0.05, 0.1) is 11.4 Å².